The molecule has 0 aliphatic rings. The van der Waals surface area contributed by atoms with E-state index in [2.05, 4.69) is 15.0 Å². The van der Waals surface area contributed by atoms with Gasteiger partial charge in [-0.1, -0.05) is 13.0 Å². The van der Waals surface area contributed by atoms with Gasteiger partial charge in [0.05, 0.1) is 17.0 Å². The number of hydrogen-bond acceptors (Lipinski definition) is 6. The van der Waals surface area contributed by atoms with E-state index < -0.39 is 10.0 Å². The Morgan fingerprint density at radius 3 is 2.45 bits per heavy atom. The van der Waals surface area contributed by atoms with E-state index in [0.717, 1.165) is 10.8 Å². The number of aromatic nitrogens is 1. The van der Waals surface area contributed by atoms with Gasteiger partial charge in [0.15, 0.2) is 0 Å². The molecule has 2 aromatic carbocycles. The van der Waals surface area contributed by atoms with Crippen LogP contribution in [0.4, 0.5) is 11.4 Å². The summed E-state index contributed by atoms with van der Waals surface area (Å²) in [4.78, 5) is 16.9. The van der Waals surface area contributed by atoms with Crippen molar-refractivity contribution < 1.29 is 17.9 Å². The SMILES string of the molecule is CCSc1cc(C(=O)Nc2ccc(C)c(S(=O)(=O)Nc3ccc(OC)cc3)c2)ccn1. The van der Waals surface area contributed by atoms with Gasteiger partial charge in [-0.15, -0.1) is 11.8 Å². The summed E-state index contributed by atoms with van der Waals surface area (Å²) in [6.45, 7) is 3.71. The van der Waals surface area contributed by atoms with Crippen molar-refractivity contribution in [2.45, 2.75) is 23.8 Å². The molecule has 0 unspecified atom stereocenters. The van der Waals surface area contributed by atoms with Crippen LogP contribution in [0.2, 0.25) is 0 Å². The summed E-state index contributed by atoms with van der Waals surface area (Å²) in [6.07, 6.45) is 1.58. The van der Waals surface area contributed by atoms with Gasteiger partial charge >= 0.3 is 0 Å². The van der Waals surface area contributed by atoms with E-state index in [1.807, 2.05) is 6.92 Å². The third-order valence-electron chi connectivity index (χ3n) is 4.37. The number of sulfonamides is 1. The van der Waals surface area contributed by atoms with Gasteiger partial charge in [0.2, 0.25) is 0 Å². The van der Waals surface area contributed by atoms with E-state index in [1.165, 1.54) is 24.9 Å². The number of hydrogen-bond donors (Lipinski definition) is 2. The lowest BCUT2D eigenvalue weighted by Gasteiger charge is -2.13. The summed E-state index contributed by atoms with van der Waals surface area (Å²) in [5, 5.41) is 3.52. The van der Waals surface area contributed by atoms with Gasteiger partial charge in [-0.3, -0.25) is 9.52 Å². The summed E-state index contributed by atoms with van der Waals surface area (Å²) in [6, 6.07) is 14.7. The Labute approximate surface area is 186 Å². The van der Waals surface area contributed by atoms with Gasteiger partial charge in [-0.05, 0) is 66.8 Å². The number of carbonyl (C=O) groups is 1. The minimum Gasteiger partial charge on any atom is -0.497 e. The molecule has 0 saturated heterocycles. The van der Waals surface area contributed by atoms with Crippen molar-refractivity contribution in [1.29, 1.82) is 0 Å². The molecule has 31 heavy (non-hydrogen) atoms. The van der Waals surface area contributed by atoms with Crippen LogP contribution in [0.3, 0.4) is 0 Å². The highest BCUT2D eigenvalue weighted by atomic mass is 32.2. The topological polar surface area (TPSA) is 97.4 Å². The van der Waals surface area contributed by atoms with Crippen LogP contribution in [-0.4, -0.2) is 32.2 Å². The Hall–Kier alpha value is -3.04. The predicted octanol–water partition coefficient (Wildman–Crippen LogP) is 4.56. The summed E-state index contributed by atoms with van der Waals surface area (Å²) in [5.74, 6) is 1.13. The first-order valence-electron chi connectivity index (χ1n) is 9.50. The number of nitrogens with zero attached hydrogens (tertiary/aromatic N) is 1. The molecule has 0 saturated carbocycles. The number of carbonyl (C=O) groups excluding carboxylic acids is 1. The van der Waals surface area contributed by atoms with E-state index in [4.69, 9.17) is 4.74 Å². The summed E-state index contributed by atoms with van der Waals surface area (Å²) in [5.41, 5.74) is 1.80. The van der Waals surface area contributed by atoms with Gasteiger partial charge in [0.1, 0.15) is 5.75 Å². The van der Waals surface area contributed by atoms with Gasteiger partial charge in [-0.25, -0.2) is 13.4 Å². The molecule has 0 atom stereocenters. The van der Waals surface area contributed by atoms with Crippen LogP contribution in [0.25, 0.3) is 0 Å². The van der Waals surface area contributed by atoms with Gasteiger partial charge in [-0.2, -0.15) is 0 Å². The molecule has 0 spiro atoms. The number of pyridine rings is 1. The van der Waals surface area contributed by atoms with Crippen LogP contribution in [0.15, 0.2) is 70.7 Å². The average molecular weight is 458 g/mol. The first-order chi connectivity index (χ1) is 14.8. The van der Waals surface area contributed by atoms with E-state index in [-0.39, 0.29) is 10.8 Å². The number of aryl methyl sites for hydroxylation is 1. The van der Waals surface area contributed by atoms with Crippen molar-refractivity contribution in [3.63, 3.8) is 0 Å². The van der Waals surface area contributed by atoms with Crippen molar-refractivity contribution in [2.24, 2.45) is 0 Å². The fraction of sp³-hybridized carbons (Fsp3) is 0.182. The molecule has 1 aromatic heterocycles. The van der Waals surface area contributed by atoms with Crippen LogP contribution in [-0.2, 0) is 10.0 Å². The minimum atomic E-state index is -3.86. The standard InChI is InChI=1S/C22H23N3O4S2/c1-4-30-21-13-16(11-12-23-21)22(26)24-18-6-5-15(2)20(14-18)31(27,28)25-17-7-9-19(29-3)10-8-17/h5-14,25H,4H2,1-3H3,(H,24,26). The molecule has 0 aliphatic heterocycles. The Kier molecular flexibility index (Phi) is 7.19. The van der Waals surface area contributed by atoms with E-state index in [0.29, 0.717) is 28.3 Å². The molecular formula is C22H23N3O4S2. The molecule has 3 rings (SSSR count). The van der Waals surface area contributed by atoms with Crippen LogP contribution >= 0.6 is 11.8 Å². The normalized spacial score (nSPS) is 11.1. The molecule has 162 valence electrons. The van der Waals surface area contributed by atoms with Gasteiger partial charge in [0, 0.05) is 23.1 Å². The van der Waals surface area contributed by atoms with Crippen molar-refractivity contribution in [1.82, 2.24) is 4.98 Å². The maximum absolute atomic E-state index is 12.9. The van der Waals surface area contributed by atoms with Crippen LogP contribution in [0.5, 0.6) is 5.75 Å². The Morgan fingerprint density at radius 1 is 1.06 bits per heavy atom. The van der Waals surface area contributed by atoms with Gasteiger partial charge in [0.25, 0.3) is 15.9 Å². The Morgan fingerprint density at radius 2 is 1.77 bits per heavy atom. The number of amides is 1. The lowest BCUT2D eigenvalue weighted by molar-refractivity contribution is 0.102. The number of nitrogens with one attached hydrogen (secondary N) is 2. The van der Waals surface area contributed by atoms with Crippen LogP contribution in [0.1, 0.15) is 22.8 Å². The van der Waals surface area contributed by atoms with E-state index >= 15 is 0 Å². The Bertz CT molecular complexity index is 1180. The third kappa shape index (κ3) is 5.77. The lowest BCUT2D eigenvalue weighted by atomic mass is 10.2. The predicted molar refractivity (Wildman–Crippen MR) is 124 cm³/mol. The molecule has 0 fully saturated rings. The number of ether oxygens (including phenoxy) is 1. The third-order valence-corrected chi connectivity index (χ3v) is 6.70. The van der Waals surface area contributed by atoms with Crippen molar-refractivity contribution >= 4 is 39.1 Å². The fourth-order valence-electron chi connectivity index (χ4n) is 2.82. The zero-order valence-corrected chi connectivity index (χ0v) is 19.0. The number of rotatable bonds is 8. The van der Waals surface area contributed by atoms with E-state index in [1.54, 1.807) is 61.7 Å². The molecule has 7 nitrogen and oxygen atoms in total. The van der Waals surface area contributed by atoms with Crippen molar-refractivity contribution in [3.8, 4) is 5.75 Å². The molecular weight excluding hydrogens is 434 g/mol. The average Bonchev–Trinajstić information content (AvgIpc) is 2.75. The number of benzene rings is 2. The summed E-state index contributed by atoms with van der Waals surface area (Å²) >= 11 is 1.54. The molecule has 0 aliphatic carbocycles. The largest absolute Gasteiger partial charge is 0.497 e. The molecule has 9 heteroatoms. The number of methoxy groups -OCH3 is 1. The highest BCUT2D eigenvalue weighted by Crippen LogP contribution is 2.25. The monoisotopic (exact) mass is 457 g/mol. The van der Waals surface area contributed by atoms with Crippen molar-refractivity contribution in [2.75, 3.05) is 22.9 Å². The van der Waals surface area contributed by atoms with E-state index in [9.17, 15) is 13.2 Å². The quantitative estimate of drug-likeness (QED) is 0.481. The highest BCUT2D eigenvalue weighted by molar-refractivity contribution is 7.99. The van der Waals surface area contributed by atoms with Crippen molar-refractivity contribution in [3.05, 3.63) is 71.9 Å². The second-order valence-corrected chi connectivity index (χ2v) is 9.52. The Balaban J connectivity index is 1.82. The fourth-order valence-corrected chi connectivity index (χ4v) is 4.79. The summed E-state index contributed by atoms with van der Waals surface area (Å²) < 4.78 is 33.5. The number of thioether (sulfide) groups is 1. The van der Waals surface area contributed by atoms with Gasteiger partial charge < -0.3 is 10.1 Å². The molecule has 1 heterocycles. The minimum absolute atomic E-state index is 0.0815. The molecule has 0 radical (unpaired) electrons. The van der Waals surface area contributed by atoms with Crippen LogP contribution in [0, 0.1) is 6.92 Å². The molecule has 3 aromatic rings. The second-order valence-electron chi connectivity index (χ2n) is 6.58. The maximum atomic E-state index is 12.9. The molecule has 2 N–H and O–H groups in total. The zero-order chi connectivity index (χ0) is 22.4. The second kappa shape index (κ2) is 9.84. The summed E-state index contributed by atoms with van der Waals surface area (Å²) in [7, 11) is -2.32. The molecule has 1 amide bonds. The lowest BCUT2D eigenvalue weighted by Crippen LogP contribution is -2.16. The molecule has 0 bridgehead atoms. The highest BCUT2D eigenvalue weighted by Gasteiger charge is 2.19. The zero-order valence-electron chi connectivity index (χ0n) is 17.4. The smallest absolute Gasteiger partial charge is 0.262 e. The maximum Gasteiger partial charge on any atom is 0.262 e. The first kappa shape index (κ1) is 22.6. The number of anilines is 2. The van der Waals surface area contributed by atoms with Crippen LogP contribution < -0.4 is 14.8 Å². The first-order valence-corrected chi connectivity index (χ1v) is 12.0.